The first-order chi connectivity index (χ1) is 17.1. The topological polar surface area (TPSA) is 83.6 Å². The summed E-state index contributed by atoms with van der Waals surface area (Å²) < 4.78 is 5.45. The normalized spacial score (nSPS) is 21.5. The molecule has 8 heteroatoms. The van der Waals surface area contributed by atoms with Crippen LogP contribution in [0.15, 0.2) is 54.1 Å². The van der Waals surface area contributed by atoms with Crippen molar-refractivity contribution < 1.29 is 14.3 Å². The second-order valence-corrected chi connectivity index (χ2v) is 10.4. The van der Waals surface area contributed by atoms with Gasteiger partial charge in [0.1, 0.15) is 4.88 Å². The zero-order valence-corrected chi connectivity index (χ0v) is 20.7. The number of carbonyl (C=O) groups is 2. The Hall–Kier alpha value is -2.81. The molecule has 1 saturated carbocycles. The van der Waals surface area contributed by atoms with E-state index in [9.17, 15) is 9.59 Å². The maximum atomic E-state index is 13.1. The minimum atomic E-state index is -0.163. The molecule has 35 heavy (non-hydrogen) atoms. The molecule has 0 spiro atoms. The van der Waals surface area contributed by atoms with E-state index in [0.29, 0.717) is 60.3 Å². The number of hydrogen-bond acceptors (Lipinski definition) is 6. The zero-order chi connectivity index (χ0) is 24.0. The van der Waals surface area contributed by atoms with E-state index in [-0.39, 0.29) is 11.8 Å². The molecular weight excluding hydrogens is 460 g/mol. The highest BCUT2D eigenvalue weighted by Crippen LogP contribution is 2.44. The largest absolute Gasteiger partial charge is 0.379 e. The number of allylic oxidation sites excluding steroid dienone is 4. The average molecular weight is 493 g/mol. The Labute approximate surface area is 210 Å². The van der Waals surface area contributed by atoms with Crippen molar-refractivity contribution in [1.29, 1.82) is 0 Å². The fourth-order valence-electron chi connectivity index (χ4n) is 4.57. The maximum Gasteiger partial charge on any atom is 0.263 e. The Bertz CT molecular complexity index is 1100. The molecule has 0 bridgehead atoms. The number of amides is 2. The van der Waals surface area contributed by atoms with Crippen molar-refractivity contribution in [3.05, 3.63) is 70.3 Å². The second kappa shape index (κ2) is 11.3. The minimum absolute atomic E-state index is 0.0608. The van der Waals surface area contributed by atoms with E-state index in [1.807, 2.05) is 30.3 Å². The first-order valence-corrected chi connectivity index (χ1v) is 13.2. The lowest BCUT2D eigenvalue weighted by Crippen LogP contribution is -2.36. The summed E-state index contributed by atoms with van der Waals surface area (Å²) in [6, 6.07) is 9.83. The summed E-state index contributed by atoms with van der Waals surface area (Å²) >= 11 is 1.25. The number of hydrogen-bond donors (Lipinski definition) is 2. The molecule has 0 radical (unpaired) electrons. The summed E-state index contributed by atoms with van der Waals surface area (Å²) in [5.74, 6) is 1.16. The molecule has 1 aromatic heterocycles. The predicted octanol–water partition coefficient (Wildman–Crippen LogP) is 4.15. The van der Waals surface area contributed by atoms with Crippen LogP contribution in [0.25, 0.3) is 0 Å². The van der Waals surface area contributed by atoms with Crippen molar-refractivity contribution in [2.45, 2.75) is 38.8 Å². The van der Waals surface area contributed by atoms with E-state index in [1.54, 1.807) is 0 Å². The molecule has 7 nitrogen and oxygen atoms in total. The Kier molecular flexibility index (Phi) is 7.71. The molecule has 2 N–H and O–H groups in total. The van der Waals surface area contributed by atoms with Gasteiger partial charge in [-0.3, -0.25) is 14.5 Å². The van der Waals surface area contributed by atoms with Crippen LogP contribution < -0.4 is 10.6 Å². The number of rotatable bonds is 9. The lowest BCUT2D eigenvalue weighted by molar-refractivity contribution is -0.116. The number of ether oxygens (including phenoxy) is 1. The second-order valence-electron chi connectivity index (χ2n) is 9.42. The van der Waals surface area contributed by atoms with Gasteiger partial charge in [-0.15, -0.1) is 0 Å². The standard InChI is InChI=1S/C27H32N4O3S/c32-24(10-9-19-7-4-8-21-16-22(21)15-19)30-27-29-23(18-31-11-13-34-14-12-31)25(35-27)26(33)28-17-20-5-2-1-3-6-20/h1-6,8,15,21-22H,7,9-14,16-18H2,(H,28,33)(H,29,30,32). The summed E-state index contributed by atoms with van der Waals surface area (Å²) in [4.78, 5) is 33.2. The molecule has 1 aliphatic heterocycles. The number of carbonyl (C=O) groups excluding carboxylic acids is 2. The van der Waals surface area contributed by atoms with E-state index in [2.05, 4.69) is 38.7 Å². The first kappa shape index (κ1) is 23.9. The van der Waals surface area contributed by atoms with Crippen molar-refractivity contribution in [3.63, 3.8) is 0 Å². The van der Waals surface area contributed by atoms with Crippen molar-refractivity contribution in [1.82, 2.24) is 15.2 Å². The highest BCUT2D eigenvalue weighted by molar-refractivity contribution is 7.17. The van der Waals surface area contributed by atoms with Crippen LogP contribution in [0.1, 0.15) is 46.6 Å². The van der Waals surface area contributed by atoms with E-state index in [1.165, 1.54) is 23.3 Å². The van der Waals surface area contributed by atoms with Crippen LogP contribution in [0.2, 0.25) is 0 Å². The smallest absolute Gasteiger partial charge is 0.263 e. The van der Waals surface area contributed by atoms with Crippen LogP contribution in [0.5, 0.6) is 0 Å². The van der Waals surface area contributed by atoms with Crippen molar-refractivity contribution in [2.24, 2.45) is 11.8 Å². The van der Waals surface area contributed by atoms with Crippen LogP contribution in [-0.2, 0) is 22.6 Å². The predicted molar refractivity (Wildman–Crippen MR) is 137 cm³/mol. The van der Waals surface area contributed by atoms with Gasteiger partial charge in [0.25, 0.3) is 5.91 Å². The number of morpholine rings is 1. The fraction of sp³-hybridized carbons (Fsp3) is 0.444. The van der Waals surface area contributed by atoms with E-state index >= 15 is 0 Å². The van der Waals surface area contributed by atoms with Crippen LogP contribution in [0.3, 0.4) is 0 Å². The number of anilines is 1. The van der Waals surface area contributed by atoms with Crippen molar-refractivity contribution >= 4 is 28.3 Å². The van der Waals surface area contributed by atoms with Gasteiger partial charge in [-0.25, -0.2) is 4.98 Å². The van der Waals surface area contributed by atoms with Gasteiger partial charge >= 0.3 is 0 Å². The van der Waals surface area contributed by atoms with Gasteiger partial charge in [0.15, 0.2) is 5.13 Å². The van der Waals surface area contributed by atoms with Gasteiger partial charge in [0.05, 0.1) is 18.9 Å². The molecular formula is C27H32N4O3S. The molecule has 2 amide bonds. The lowest BCUT2D eigenvalue weighted by atomic mass is 10.1. The lowest BCUT2D eigenvalue weighted by Gasteiger charge is -2.26. The van der Waals surface area contributed by atoms with E-state index in [0.717, 1.165) is 31.5 Å². The van der Waals surface area contributed by atoms with Gasteiger partial charge in [0, 0.05) is 32.6 Å². The van der Waals surface area contributed by atoms with E-state index in [4.69, 9.17) is 4.74 Å². The van der Waals surface area contributed by atoms with Gasteiger partial charge in [0.2, 0.25) is 5.91 Å². The molecule has 2 unspecified atom stereocenters. The molecule has 5 rings (SSSR count). The van der Waals surface area contributed by atoms with Crippen LogP contribution in [0, 0.1) is 11.8 Å². The van der Waals surface area contributed by atoms with Gasteiger partial charge < -0.3 is 15.4 Å². The number of aromatic nitrogens is 1. The van der Waals surface area contributed by atoms with Crippen LogP contribution >= 0.6 is 11.3 Å². The Morgan fingerprint density at radius 1 is 1.14 bits per heavy atom. The summed E-state index contributed by atoms with van der Waals surface area (Å²) in [6.45, 7) is 3.96. The maximum absolute atomic E-state index is 13.1. The number of nitrogens with one attached hydrogen (secondary N) is 2. The first-order valence-electron chi connectivity index (χ1n) is 12.4. The van der Waals surface area contributed by atoms with Gasteiger partial charge in [-0.05, 0) is 36.7 Å². The Balaban J connectivity index is 1.22. The molecule has 1 aromatic carbocycles. The molecule has 2 heterocycles. The zero-order valence-electron chi connectivity index (χ0n) is 19.9. The van der Waals surface area contributed by atoms with Crippen LogP contribution in [0.4, 0.5) is 5.13 Å². The highest BCUT2D eigenvalue weighted by Gasteiger charge is 2.33. The monoisotopic (exact) mass is 492 g/mol. The summed E-state index contributed by atoms with van der Waals surface area (Å²) in [5, 5.41) is 6.44. The highest BCUT2D eigenvalue weighted by atomic mass is 32.1. The van der Waals surface area contributed by atoms with Crippen LogP contribution in [-0.4, -0.2) is 48.0 Å². The van der Waals surface area contributed by atoms with Crippen molar-refractivity contribution in [3.8, 4) is 0 Å². The SMILES string of the molecule is O=C(CCC1=CC2CC2C=CC1)Nc1nc(CN2CCOCC2)c(C(=O)NCc2ccccc2)s1. The number of fused-ring (bicyclic) bond motifs is 1. The quantitative estimate of drug-likeness (QED) is 0.514. The third-order valence-corrected chi connectivity index (χ3v) is 7.71. The number of thiazole rings is 1. The molecule has 2 aromatic rings. The number of benzene rings is 1. The Morgan fingerprint density at radius 2 is 1.97 bits per heavy atom. The Morgan fingerprint density at radius 3 is 2.80 bits per heavy atom. The molecule has 3 aliphatic rings. The summed E-state index contributed by atoms with van der Waals surface area (Å²) in [5.41, 5.74) is 3.08. The van der Waals surface area contributed by atoms with Gasteiger partial charge in [-0.2, -0.15) is 0 Å². The van der Waals surface area contributed by atoms with Crippen molar-refractivity contribution in [2.75, 3.05) is 31.6 Å². The molecule has 2 aliphatic carbocycles. The molecule has 2 fully saturated rings. The number of nitrogens with zero attached hydrogens (tertiary/aromatic N) is 2. The molecule has 1 saturated heterocycles. The molecule has 2 atom stereocenters. The van der Waals surface area contributed by atoms with E-state index < -0.39 is 0 Å². The summed E-state index contributed by atoms with van der Waals surface area (Å²) in [7, 11) is 0. The third-order valence-electron chi connectivity index (χ3n) is 6.70. The molecule has 184 valence electrons. The fourth-order valence-corrected chi connectivity index (χ4v) is 5.48. The minimum Gasteiger partial charge on any atom is -0.379 e. The van der Waals surface area contributed by atoms with Gasteiger partial charge in [-0.1, -0.05) is 65.5 Å². The third kappa shape index (κ3) is 6.66. The summed E-state index contributed by atoms with van der Waals surface area (Å²) in [6.07, 6.45) is 10.3. The average Bonchev–Trinajstić information content (AvgIpc) is 3.54.